The number of amides is 1. The number of hydrogen-bond acceptors (Lipinski definition) is 5. The van der Waals surface area contributed by atoms with E-state index in [-0.39, 0.29) is 22.4 Å². The normalized spacial score (nSPS) is 15.1. The lowest BCUT2D eigenvalue weighted by atomic mass is 9.93. The summed E-state index contributed by atoms with van der Waals surface area (Å²) in [6, 6.07) is 6.91. The van der Waals surface area contributed by atoms with Gasteiger partial charge in [-0.05, 0) is 37.1 Å². The molecule has 1 saturated heterocycles. The number of nitrogens with one attached hydrogen (secondary N) is 1. The van der Waals surface area contributed by atoms with Gasteiger partial charge in [0.2, 0.25) is 0 Å². The van der Waals surface area contributed by atoms with Gasteiger partial charge in [0.05, 0.1) is 12.0 Å². The predicted octanol–water partition coefficient (Wildman–Crippen LogP) is 3.10. The van der Waals surface area contributed by atoms with Gasteiger partial charge in [0.25, 0.3) is 11.5 Å². The fourth-order valence-electron chi connectivity index (χ4n) is 3.31. The zero-order valence-corrected chi connectivity index (χ0v) is 15.1. The average molecular weight is 385 g/mol. The first-order chi connectivity index (χ1) is 13.1. The third-order valence-corrected chi connectivity index (χ3v) is 5.11. The van der Waals surface area contributed by atoms with E-state index in [1.54, 1.807) is 41.6 Å². The zero-order chi connectivity index (χ0) is 18.8. The van der Waals surface area contributed by atoms with Gasteiger partial charge in [0, 0.05) is 37.0 Å². The molecule has 0 bridgehead atoms. The molecule has 1 aliphatic heterocycles. The maximum Gasteiger partial charge on any atom is 0.289 e. The van der Waals surface area contributed by atoms with Gasteiger partial charge in [-0.1, -0.05) is 11.6 Å². The van der Waals surface area contributed by atoms with Crippen molar-refractivity contribution in [3.05, 3.63) is 69.8 Å². The van der Waals surface area contributed by atoms with E-state index < -0.39 is 0 Å². The number of pyridine rings is 1. The van der Waals surface area contributed by atoms with Crippen molar-refractivity contribution in [3.63, 3.8) is 0 Å². The first kappa shape index (κ1) is 17.5. The average Bonchev–Trinajstić information content (AvgIpc) is 3.25. The van der Waals surface area contributed by atoms with Crippen molar-refractivity contribution in [2.45, 2.75) is 18.8 Å². The second-order valence-corrected chi connectivity index (χ2v) is 6.77. The number of piperidine rings is 1. The van der Waals surface area contributed by atoms with Crippen LogP contribution in [0.25, 0.3) is 11.4 Å². The Kier molecular flexibility index (Phi) is 4.77. The van der Waals surface area contributed by atoms with Gasteiger partial charge in [-0.2, -0.15) is 0 Å². The maximum absolute atomic E-state index is 12.4. The summed E-state index contributed by atoms with van der Waals surface area (Å²) in [5.74, 6) is 0.693. The van der Waals surface area contributed by atoms with Crippen molar-refractivity contribution >= 4 is 17.5 Å². The molecule has 7 nitrogen and oxygen atoms in total. The van der Waals surface area contributed by atoms with Crippen LogP contribution >= 0.6 is 11.6 Å². The van der Waals surface area contributed by atoms with Crippen LogP contribution in [0.2, 0.25) is 5.02 Å². The van der Waals surface area contributed by atoms with Gasteiger partial charge in [0.15, 0.2) is 5.76 Å². The maximum atomic E-state index is 12.4. The lowest BCUT2D eigenvalue weighted by Gasteiger charge is -2.31. The number of furan rings is 1. The molecule has 1 N–H and O–H groups in total. The first-order valence-electron chi connectivity index (χ1n) is 8.66. The molecular formula is C19H17ClN4O3. The molecule has 0 radical (unpaired) electrons. The molecule has 4 heterocycles. The Labute approximate surface area is 160 Å². The number of hydrogen-bond donors (Lipinski definition) is 1. The van der Waals surface area contributed by atoms with E-state index in [4.69, 9.17) is 16.0 Å². The van der Waals surface area contributed by atoms with E-state index in [0.29, 0.717) is 43.2 Å². The van der Waals surface area contributed by atoms with Crippen LogP contribution in [0.3, 0.4) is 0 Å². The molecule has 1 fully saturated rings. The fourth-order valence-corrected chi connectivity index (χ4v) is 3.55. The second-order valence-electron chi connectivity index (χ2n) is 6.39. The van der Waals surface area contributed by atoms with Crippen LogP contribution in [0.5, 0.6) is 0 Å². The Morgan fingerprint density at radius 2 is 1.96 bits per heavy atom. The SMILES string of the molecule is O=C(c1ccco1)N1CCC(c2nc(-c3ccncc3)[nH]c(=O)c2Cl)CC1. The third-order valence-electron chi connectivity index (χ3n) is 4.74. The molecule has 3 aromatic rings. The molecule has 0 aliphatic carbocycles. The Morgan fingerprint density at radius 3 is 2.63 bits per heavy atom. The van der Waals surface area contributed by atoms with E-state index in [9.17, 15) is 9.59 Å². The van der Waals surface area contributed by atoms with Crippen molar-refractivity contribution in [2.24, 2.45) is 0 Å². The summed E-state index contributed by atoms with van der Waals surface area (Å²) >= 11 is 6.25. The highest BCUT2D eigenvalue weighted by Crippen LogP contribution is 2.31. The first-order valence-corrected chi connectivity index (χ1v) is 9.04. The largest absolute Gasteiger partial charge is 0.459 e. The molecule has 3 aromatic heterocycles. The smallest absolute Gasteiger partial charge is 0.289 e. The predicted molar refractivity (Wildman–Crippen MR) is 99.7 cm³/mol. The highest BCUT2D eigenvalue weighted by Gasteiger charge is 2.28. The summed E-state index contributed by atoms with van der Waals surface area (Å²) in [4.78, 5) is 37.7. The molecule has 4 rings (SSSR count). The Balaban J connectivity index is 1.55. The van der Waals surface area contributed by atoms with Crippen LogP contribution in [0.1, 0.15) is 35.0 Å². The van der Waals surface area contributed by atoms with E-state index in [1.807, 2.05) is 0 Å². The summed E-state index contributed by atoms with van der Waals surface area (Å²) in [5.41, 5.74) is 0.991. The van der Waals surface area contributed by atoms with Crippen molar-refractivity contribution < 1.29 is 9.21 Å². The van der Waals surface area contributed by atoms with Gasteiger partial charge in [-0.15, -0.1) is 0 Å². The molecule has 0 saturated carbocycles. The Bertz CT molecular complexity index is 994. The Morgan fingerprint density at radius 1 is 1.22 bits per heavy atom. The van der Waals surface area contributed by atoms with Crippen LogP contribution in [-0.2, 0) is 0 Å². The molecular weight excluding hydrogens is 368 g/mol. The van der Waals surface area contributed by atoms with Crippen molar-refractivity contribution in [1.29, 1.82) is 0 Å². The molecule has 1 aliphatic rings. The minimum absolute atomic E-state index is 0.0149. The van der Waals surface area contributed by atoms with Crippen molar-refractivity contribution in [2.75, 3.05) is 13.1 Å². The lowest BCUT2D eigenvalue weighted by molar-refractivity contribution is 0.0680. The number of carbonyl (C=O) groups is 1. The monoisotopic (exact) mass is 384 g/mol. The summed E-state index contributed by atoms with van der Waals surface area (Å²) < 4.78 is 5.18. The molecule has 8 heteroatoms. The minimum Gasteiger partial charge on any atom is -0.459 e. The van der Waals surface area contributed by atoms with Crippen molar-refractivity contribution in [1.82, 2.24) is 19.9 Å². The minimum atomic E-state index is -0.359. The summed E-state index contributed by atoms with van der Waals surface area (Å²) in [6.45, 7) is 1.11. The molecule has 0 atom stereocenters. The number of rotatable bonds is 3. The summed E-state index contributed by atoms with van der Waals surface area (Å²) in [6.07, 6.45) is 6.13. The lowest BCUT2D eigenvalue weighted by Crippen LogP contribution is -2.38. The van der Waals surface area contributed by atoms with Gasteiger partial charge in [-0.25, -0.2) is 4.98 Å². The highest BCUT2D eigenvalue weighted by atomic mass is 35.5. The third kappa shape index (κ3) is 3.50. The quantitative estimate of drug-likeness (QED) is 0.749. The van der Waals surface area contributed by atoms with Crippen LogP contribution in [0, 0.1) is 0 Å². The molecule has 0 unspecified atom stereocenters. The molecule has 1 amide bonds. The number of aromatic nitrogens is 3. The van der Waals surface area contributed by atoms with Gasteiger partial charge < -0.3 is 14.3 Å². The Hall–Kier alpha value is -2.93. The molecule has 0 aromatic carbocycles. The second kappa shape index (κ2) is 7.36. The number of halogens is 1. The van der Waals surface area contributed by atoms with E-state index >= 15 is 0 Å². The zero-order valence-electron chi connectivity index (χ0n) is 14.4. The van der Waals surface area contributed by atoms with Gasteiger partial charge in [-0.3, -0.25) is 14.6 Å². The highest BCUT2D eigenvalue weighted by molar-refractivity contribution is 6.31. The number of aromatic amines is 1. The van der Waals surface area contributed by atoms with Gasteiger partial charge >= 0.3 is 0 Å². The van der Waals surface area contributed by atoms with Crippen LogP contribution in [0.15, 0.2) is 52.1 Å². The van der Waals surface area contributed by atoms with Crippen LogP contribution in [-0.4, -0.2) is 38.8 Å². The molecule has 27 heavy (non-hydrogen) atoms. The fraction of sp³-hybridized carbons (Fsp3) is 0.263. The number of carbonyl (C=O) groups excluding carboxylic acids is 1. The number of H-pyrrole nitrogens is 1. The van der Waals surface area contributed by atoms with E-state index in [1.165, 1.54) is 6.26 Å². The number of nitrogens with zero attached hydrogens (tertiary/aromatic N) is 3. The van der Waals surface area contributed by atoms with Crippen LogP contribution in [0.4, 0.5) is 0 Å². The standard InChI is InChI=1S/C19H17ClN4O3/c20-15-16(22-17(23-18(15)25)13-3-7-21-8-4-13)12-5-9-24(10-6-12)19(26)14-2-1-11-27-14/h1-4,7-8,11-12H,5-6,9-10H2,(H,22,23,25). The summed E-state index contributed by atoms with van der Waals surface area (Å²) in [7, 11) is 0. The summed E-state index contributed by atoms with van der Waals surface area (Å²) in [5, 5.41) is 0.114. The van der Waals surface area contributed by atoms with Gasteiger partial charge in [0.1, 0.15) is 10.8 Å². The van der Waals surface area contributed by atoms with Crippen molar-refractivity contribution in [3.8, 4) is 11.4 Å². The van der Waals surface area contributed by atoms with Crippen LogP contribution < -0.4 is 5.56 Å². The van der Waals surface area contributed by atoms with E-state index in [0.717, 1.165) is 5.56 Å². The topological polar surface area (TPSA) is 92.1 Å². The number of likely N-dealkylation sites (tertiary alicyclic amines) is 1. The van der Waals surface area contributed by atoms with E-state index in [2.05, 4.69) is 15.0 Å². The molecule has 138 valence electrons. The molecule has 0 spiro atoms.